The normalized spacial score (nSPS) is 23.9. The van der Waals surface area contributed by atoms with Gasteiger partial charge in [0.15, 0.2) is 0 Å². The van der Waals surface area contributed by atoms with Crippen molar-refractivity contribution in [1.82, 2.24) is 21.3 Å². The van der Waals surface area contributed by atoms with Crippen molar-refractivity contribution >= 4 is 23.9 Å². The Bertz CT molecular complexity index is 1470. The van der Waals surface area contributed by atoms with E-state index in [4.69, 9.17) is 114 Å². The topological polar surface area (TPSA) is 338 Å². The number of hydrogen-bond acceptors (Lipinski definition) is 32. The Kier molecular flexibility index (Phi) is 53.2. The summed E-state index contributed by atoms with van der Waals surface area (Å²) in [7, 11) is 0. The smallest absolute Gasteiger partial charge is 0.307 e. The van der Waals surface area contributed by atoms with Crippen LogP contribution in [-0.4, -0.2) is 365 Å². The summed E-state index contributed by atoms with van der Waals surface area (Å²) >= 11 is 0. The molecule has 0 aliphatic carbocycles. The maximum Gasteiger partial charge on any atom is 0.307 e. The van der Waals surface area contributed by atoms with Gasteiger partial charge in [-0.3, -0.25) is 19.2 Å². The molecule has 544 valence electrons. The molecule has 0 amide bonds. The molecular weight excluding hydrogens is 1240 g/mol. The van der Waals surface area contributed by atoms with Crippen molar-refractivity contribution in [2.45, 2.75) is 50.1 Å². The highest BCUT2D eigenvalue weighted by Crippen LogP contribution is 2.23. The Morgan fingerprint density at radius 1 is 0.247 bits per heavy atom. The summed E-state index contributed by atoms with van der Waals surface area (Å²) in [5.41, 5.74) is -1.57. The lowest BCUT2D eigenvalue weighted by atomic mass is 9.92. The van der Waals surface area contributed by atoms with Gasteiger partial charge in [-0.1, -0.05) is 0 Å². The minimum atomic E-state index is -1.57. The Labute approximate surface area is 548 Å². The average Bonchev–Trinajstić information content (AvgIpc) is 1.26. The first-order valence-electron chi connectivity index (χ1n) is 33.0. The molecule has 32 nitrogen and oxygen atoms in total. The zero-order valence-electron chi connectivity index (χ0n) is 55.0. The Hall–Kier alpha value is -3.08. The molecule has 0 radical (unpaired) electrons. The van der Waals surface area contributed by atoms with Crippen molar-refractivity contribution in [3.63, 3.8) is 0 Å². The number of ether oxygens (including phenoxy) is 24. The third-order valence-electron chi connectivity index (χ3n) is 13.7. The molecule has 4 aliphatic heterocycles. The first-order valence-corrected chi connectivity index (χ1v) is 33.0. The molecule has 0 bridgehead atoms. The van der Waals surface area contributed by atoms with E-state index in [2.05, 4.69) is 21.3 Å². The summed E-state index contributed by atoms with van der Waals surface area (Å²) in [6.07, 6.45) is -1.84. The van der Waals surface area contributed by atoms with Gasteiger partial charge in [0.05, 0.1) is 288 Å². The monoisotopic (exact) mass is 1350 g/mol. The molecule has 0 aromatic carbocycles. The molecule has 4 aliphatic rings. The molecule has 4 atom stereocenters. The van der Waals surface area contributed by atoms with E-state index in [1.807, 2.05) is 0 Å². The van der Waals surface area contributed by atoms with Gasteiger partial charge in [-0.05, 0) is 0 Å². The second-order valence-electron chi connectivity index (χ2n) is 21.6. The molecule has 0 aromatic heterocycles. The fourth-order valence-corrected chi connectivity index (χ4v) is 8.54. The van der Waals surface area contributed by atoms with E-state index in [9.17, 15) is 19.2 Å². The average molecular weight is 1350 g/mol. The third kappa shape index (κ3) is 49.1. The fourth-order valence-electron chi connectivity index (χ4n) is 8.54. The van der Waals surface area contributed by atoms with Crippen molar-refractivity contribution < 1.29 is 133 Å². The van der Waals surface area contributed by atoms with E-state index < -0.39 is 55.7 Å². The summed E-state index contributed by atoms with van der Waals surface area (Å²) in [6.45, 7) is 14.1. The van der Waals surface area contributed by atoms with Crippen molar-refractivity contribution in [2.24, 2.45) is 5.41 Å². The number of nitrogens with one attached hydrogen (secondary N) is 4. The van der Waals surface area contributed by atoms with E-state index in [1.165, 1.54) is 0 Å². The van der Waals surface area contributed by atoms with Crippen LogP contribution in [0, 0.1) is 5.41 Å². The van der Waals surface area contributed by atoms with E-state index in [1.54, 1.807) is 0 Å². The van der Waals surface area contributed by atoms with Crippen LogP contribution in [0.15, 0.2) is 0 Å². The fraction of sp³-hybridized carbons (Fsp3) is 0.934. The molecule has 4 unspecified atom stereocenters. The second-order valence-corrected chi connectivity index (χ2v) is 21.6. The van der Waals surface area contributed by atoms with Crippen molar-refractivity contribution in [3.8, 4) is 0 Å². The van der Waals surface area contributed by atoms with Crippen LogP contribution in [0.2, 0.25) is 0 Å². The first kappa shape index (κ1) is 82.3. The van der Waals surface area contributed by atoms with Crippen LogP contribution in [0.3, 0.4) is 0 Å². The van der Waals surface area contributed by atoms with E-state index in [0.29, 0.717) is 238 Å². The molecule has 4 fully saturated rings. The van der Waals surface area contributed by atoms with Gasteiger partial charge in [-0.15, -0.1) is 0 Å². The van der Waals surface area contributed by atoms with E-state index in [0.717, 1.165) is 0 Å². The minimum Gasteiger partial charge on any atom is -0.465 e. The van der Waals surface area contributed by atoms with Gasteiger partial charge in [-0.25, -0.2) is 0 Å². The molecule has 0 spiro atoms. The van der Waals surface area contributed by atoms with Gasteiger partial charge < -0.3 is 135 Å². The Morgan fingerprint density at radius 2 is 0.409 bits per heavy atom. The lowest BCUT2D eigenvalue weighted by molar-refractivity contribution is -0.170. The van der Waals surface area contributed by atoms with Crippen molar-refractivity contribution in [1.29, 1.82) is 0 Å². The highest BCUT2D eigenvalue weighted by Gasteiger charge is 2.38. The lowest BCUT2D eigenvalue weighted by Crippen LogP contribution is -2.44. The Morgan fingerprint density at radius 3 is 0.591 bits per heavy atom. The predicted molar refractivity (Wildman–Crippen MR) is 328 cm³/mol. The van der Waals surface area contributed by atoms with Gasteiger partial charge in [0, 0.05) is 52.4 Å². The largest absolute Gasteiger partial charge is 0.465 e. The molecule has 0 saturated carbocycles. The Balaban J connectivity index is 1.42. The van der Waals surface area contributed by atoms with Gasteiger partial charge in [0.1, 0.15) is 31.8 Å². The quantitative estimate of drug-likeness (QED) is 0.0371. The van der Waals surface area contributed by atoms with Crippen molar-refractivity contribution in [2.75, 3.05) is 317 Å². The molecule has 93 heavy (non-hydrogen) atoms. The number of esters is 4. The predicted octanol–water partition coefficient (Wildman–Crippen LogP) is -2.07. The van der Waals surface area contributed by atoms with Crippen LogP contribution in [0.5, 0.6) is 0 Å². The van der Waals surface area contributed by atoms with Crippen LogP contribution in [0.4, 0.5) is 0 Å². The zero-order valence-corrected chi connectivity index (χ0v) is 55.0. The SMILES string of the molecule is O=C(CCNCC1COCCOCCOCCOCCO1)OCC(COC(=O)CCNCC1COCCOCCOCCOCCO1)(COC(=O)CCNCC1COCCOCCOCCOCCO1)COC(=O)CCNCC1COCCOCCOCCOCCO1. The molecule has 32 heteroatoms. The van der Waals surface area contributed by atoms with Crippen molar-refractivity contribution in [3.05, 3.63) is 0 Å². The van der Waals surface area contributed by atoms with Crippen LogP contribution in [-0.2, 0) is 133 Å². The number of carbonyl (C=O) groups excluding carboxylic acids is 4. The number of hydrogen-bond donors (Lipinski definition) is 4. The van der Waals surface area contributed by atoms with Crippen LogP contribution < -0.4 is 21.3 Å². The standard InChI is InChI=1S/C61H112N4O28/c66-57(1-5-62-41-53-45-82-29-25-74-13-9-70-17-21-78-33-37-86-53)90-49-61(50-91-58(67)2-6-63-42-54-46-83-30-26-75-14-10-71-18-22-79-34-38-87-54,51-92-59(68)3-7-64-43-55-47-84-31-27-76-15-11-72-19-23-80-35-39-88-55)52-93-60(69)4-8-65-44-56-48-85-32-28-77-16-12-73-20-24-81-36-40-89-56/h53-56,62-65H,1-52H2. The van der Waals surface area contributed by atoms with E-state index in [-0.39, 0.29) is 103 Å². The third-order valence-corrected chi connectivity index (χ3v) is 13.7. The molecular formula is C61H112N4O28. The molecule has 0 aromatic rings. The molecule has 4 rings (SSSR count). The zero-order chi connectivity index (χ0) is 65.7. The number of rotatable bonds is 28. The number of carbonyl (C=O) groups is 4. The first-order chi connectivity index (χ1) is 45.9. The van der Waals surface area contributed by atoms with Crippen LogP contribution >= 0.6 is 0 Å². The molecule has 4 saturated heterocycles. The van der Waals surface area contributed by atoms with Gasteiger partial charge >= 0.3 is 23.9 Å². The van der Waals surface area contributed by atoms with Gasteiger partial charge in [0.2, 0.25) is 0 Å². The summed E-state index contributed by atoms with van der Waals surface area (Å²) in [5.74, 6) is -2.53. The lowest BCUT2D eigenvalue weighted by Gasteiger charge is -2.31. The summed E-state index contributed by atoms with van der Waals surface area (Å²) < 4.78 is 138. The maximum absolute atomic E-state index is 13.6. The summed E-state index contributed by atoms with van der Waals surface area (Å²) in [6, 6.07) is 0. The van der Waals surface area contributed by atoms with Crippen LogP contribution in [0.1, 0.15) is 25.7 Å². The van der Waals surface area contributed by atoms with Gasteiger partial charge in [-0.2, -0.15) is 0 Å². The summed E-state index contributed by atoms with van der Waals surface area (Å²) in [4.78, 5) is 54.6. The van der Waals surface area contributed by atoms with E-state index >= 15 is 0 Å². The van der Waals surface area contributed by atoms with Gasteiger partial charge in [0.25, 0.3) is 0 Å². The minimum absolute atomic E-state index is 0.0918. The second kappa shape index (κ2) is 60.1. The molecule has 4 heterocycles. The molecule has 4 N–H and O–H groups in total. The highest BCUT2D eigenvalue weighted by atomic mass is 16.6. The van der Waals surface area contributed by atoms with Crippen LogP contribution in [0.25, 0.3) is 0 Å². The highest BCUT2D eigenvalue weighted by molar-refractivity contribution is 5.71. The summed E-state index contributed by atoms with van der Waals surface area (Å²) in [5, 5.41) is 13.0. The maximum atomic E-state index is 13.6.